The van der Waals surface area contributed by atoms with Crippen molar-refractivity contribution in [2.45, 2.75) is 52.1 Å². The van der Waals surface area contributed by atoms with Gasteiger partial charge in [0.15, 0.2) is 0 Å². The molecule has 0 bridgehead atoms. The van der Waals surface area contributed by atoms with Gasteiger partial charge < -0.3 is 9.80 Å². The van der Waals surface area contributed by atoms with E-state index in [0.717, 1.165) is 24.3 Å². The number of fused-ring (bicyclic) bond motifs is 1. The van der Waals surface area contributed by atoms with Crippen molar-refractivity contribution in [1.82, 2.24) is 10.2 Å². The van der Waals surface area contributed by atoms with Crippen LogP contribution < -0.4 is 10.2 Å². The van der Waals surface area contributed by atoms with Gasteiger partial charge in [0, 0.05) is 42.7 Å². The van der Waals surface area contributed by atoms with Crippen LogP contribution in [0.5, 0.6) is 0 Å². The van der Waals surface area contributed by atoms with Gasteiger partial charge in [-0.3, -0.25) is 19.7 Å². The number of hydrogen-bond acceptors (Lipinski definition) is 4. The summed E-state index contributed by atoms with van der Waals surface area (Å²) in [6, 6.07) is 5.44. The van der Waals surface area contributed by atoms with Crippen LogP contribution in [0.25, 0.3) is 0 Å². The fourth-order valence-electron chi connectivity index (χ4n) is 4.40. The zero-order valence-corrected chi connectivity index (χ0v) is 15.4. The molecule has 1 aromatic carbocycles. The predicted octanol–water partition coefficient (Wildman–Crippen LogP) is 2.07. The van der Waals surface area contributed by atoms with Crippen molar-refractivity contribution >= 4 is 23.4 Å². The van der Waals surface area contributed by atoms with Gasteiger partial charge in [0.05, 0.1) is 0 Å². The number of amides is 3. The van der Waals surface area contributed by atoms with E-state index in [1.54, 1.807) is 4.90 Å². The lowest BCUT2D eigenvalue weighted by Gasteiger charge is -2.51. The predicted molar refractivity (Wildman–Crippen MR) is 97.7 cm³/mol. The van der Waals surface area contributed by atoms with Gasteiger partial charge in [0.25, 0.3) is 5.91 Å². The highest BCUT2D eigenvalue weighted by Crippen LogP contribution is 2.41. The number of nitrogens with zero attached hydrogens (tertiary/aromatic N) is 2. The molecule has 3 amide bonds. The Morgan fingerprint density at radius 2 is 1.88 bits per heavy atom. The van der Waals surface area contributed by atoms with Crippen molar-refractivity contribution in [3.05, 3.63) is 29.3 Å². The third-order valence-electron chi connectivity index (χ3n) is 6.42. The molecule has 6 heteroatoms. The van der Waals surface area contributed by atoms with E-state index in [1.807, 2.05) is 12.1 Å². The third-order valence-corrected chi connectivity index (χ3v) is 6.42. The first kappa shape index (κ1) is 17.1. The SMILES string of the molecule is CCC1(CC)CN(c2ccc3c(c2)CN(C2CCC(=O)NC2=O)C3=O)C1. The average molecular weight is 355 g/mol. The molecule has 3 aliphatic heterocycles. The molecule has 0 aliphatic carbocycles. The fourth-order valence-corrected chi connectivity index (χ4v) is 4.40. The van der Waals surface area contributed by atoms with Crippen LogP contribution in [0.3, 0.4) is 0 Å². The molecule has 138 valence electrons. The molecule has 3 aliphatic rings. The van der Waals surface area contributed by atoms with Crippen molar-refractivity contribution < 1.29 is 14.4 Å². The maximum Gasteiger partial charge on any atom is 0.255 e. The summed E-state index contributed by atoms with van der Waals surface area (Å²) in [5.74, 6) is -0.729. The topological polar surface area (TPSA) is 69.7 Å². The number of carbonyl (C=O) groups excluding carboxylic acids is 3. The Balaban J connectivity index is 1.51. The number of carbonyl (C=O) groups is 3. The molecule has 1 atom stereocenters. The second-order valence-electron chi connectivity index (χ2n) is 7.80. The zero-order valence-electron chi connectivity index (χ0n) is 15.4. The molecule has 6 nitrogen and oxygen atoms in total. The quantitative estimate of drug-likeness (QED) is 0.840. The smallest absolute Gasteiger partial charge is 0.255 e. The Hall–Kier alpha value is -2.37. The van der Waals surface area contributed by atoms with Crippen LogP contribution in [0.2, 0.25) is 0 Å². The fraction of sp³-hybridized carbons (Fsp3) is 0.550. The summed E-state index contributed by atoms with van der Waals surface area (Å²) in [5.41, 5.74) is 3.23. The summed E-state index contributed by atoms with van der Waals surface area (Å²) in [5, 5.41) is 2.34. The lowest BCUT2D eigenvalue weighted by atomic mass is 9.75. The second kappa shape index (κ2) is 6.11. The van der Waals surface area contributed by atoms with Gasteiger partial charge in [-0.25, -0.2) is 0 Å². The highest BCUT2D eigenvalue weighted by atomic mass is 16.2. The van der Waals surface area contributed by atoms with Crippen LogP contribution in [0, 0.1) is 5.41 Å². The number of imide groups is 1. The van der Waals surface area contributed by atoms with Crippen molar-refractivity contribution in [1.29, 1.82) is 0 Å². The van der Waals surface area contributed by atoms with Crippen LogP contribution in [-0.4, -0.2) is 41.8 Å². The van der Waals surface area contributed by atoms with Crippen molar-refractivity contribution in [3.8, 4) is 0 Å². The van der Waals surface area contributed by atoms with Crippen LogP contribution >= 0.6 is 0 Å². The molecule has 26 heavy (non-hydrogen) atoms. The lowest BCUT2D eigenvalue weighted by molar-refractivity contribution is -0.136. The summed E-state index contributed by atoms with van der Waals surface area (Å²) in [6.07, 6.45) is 3.06. The van der Waals surface area contributed by atoms with Gasteiger partial charge in [-0.05, 0) is 43.0 Å². The van der Waals surface area contributed by atoms with E-state index in [2.05, 4.69) is 30.1 Å². The third kappa shape index (κ3) is 2.59. The van der Waals surface area contributed by atoms with E-state index in [0.29, 0.717) is 23.9 Å². The minimum atomic E-state index is -0.548. The first-order chi connectivity index (χ1) is 12.5. The first-order valence-corrected chi connectivity index (χ1v) is 9.49. The van der Waals surface area contributed by atoms with E-state index in [1.165, 1.54) is 12.8 Å². The Bertz CT molecular complexity index is 777. The van der Waals surface area contributed by atoms with Crippen LogP contribution in [0.4, 0.5) is 5.69 Å². The summed E-state index contributed by atoms with van der Waals surface area (Å²) in [6.45, 7) is 7.06. The Labute approximate surface area is 153 Å². The highest BCUT2D eigenvalue weighted by Gasteiger charge is 2.42. The van der Waals surface area contributed by atoms with E-state index < -0.39 is 6.04 Å². The maximum absolute atomic E-state index is 12.7. The van der Waals surface area contributed by atoms with E-state index in [9.17, 15) is 14.4 Å². The summed E-state index contributed by atoms with van der Waals surface area (Å²) >= 11 is 0. The number of hydrogen-bond donors (Lipinski definition) is 1. The average Bonchev–Trinajstić information content (AvgIpc) is 2.91. The summed E-state index contributed by atoms with van der Waals surface area (Å²) in [7, 11) is 0. The van der Waals surface area contributed by atoms with Crippen LogP contribution in [0.1, 0.15) is 55.5 Å². The molecule has 2 saturated heterocycles. The number of piperidine rings is 1. The van der Waals surface area contributed by atoms with Gasteiger partial charge >= 0.3 is 0 Å². The number of nitrogens with one attached hydrogen (secondary N) is 1. The molecule has 3 heterocycles. The molecule has 0 saturated carbocycles. The molecule has 0 aromatic heterocycles. The minimum Gasteiger partial charge on any atom is -0.370 e. The molecule has 1 unspecified atom stereocenters. The normalized spacial score (nSPS) is 24.4. The van der Waals surface area contributed by atoms with Crippen molar-refractivity contribution in [2.24, 2.45) is 5.41 Å². The van der Waals surface area contributed by atoms with E-state index in [-0.39, 0.29) is 24.1 Å². The Morgan fingerprint density at radius 3 is 2.54 bits per heavy atom. The molecular formula is C20H25N3O3. The second-order valence-corrected chi connectivity index (χ2v) is 7.80. The molecule has 4 rings (SSSR count). The maximum atomic E-state index is 12.7. The molecule has 0 spiro atoms. The van der Waals surface area contributed by atoms with Crippen molar-refractivity contribution in [2.75, 3.05) is 18.0 Å². The van der Waals surface area contributed by atoms with Gasteiger partial charge in [0.2, 0.25) is 11.8 Å². The molecule has 1 aromatic rings. The minimum absolute atomic E-state index is 0.110. The Morgan fingerprint density at radius 1 is 1.15 bits per heavy atom. The van der Waals surface area contributed by atoms with Crippen molar-refractivity contribution in [3.63, 3.8) is 0 Å². The number of benzene rings is 1. The number of rotatable bonds is 4. The van der Waals surface area contributed by atoms with Gasteiger partial charge in [-0.2, -0.15) is 0 Å². The molecule has 0 radical (unpaired) electrons. The molecule has 2 fully saturated rings. The van der Waals surface area contributed by atoms with E-state index >= 15 is 0 Å². The Kier molecular flexibility index (Phi) is 4.01. The van der Waals surface area contributed by atoms with Crippen LogP contribution in [-0.2, 0) is 16.1 Å². The first-order valence-electron chi connectivity index (χ1n) is 9.49. The zero-order chi connectivity index (χ0) is 18.5. The largest absolute Gasteiger partial charge is 0.370 e. The van der Waals surface area contributed by atoms with Gasteiger partial charge in [-0.1, -0.05) is 13.8 Å². The van der Waals surface area contributed by atoms with E-state index in [4.69, 9.17) is 0 Å². The molecular weight excluding hydrogens is 330 g/mol. The lowest BCUT2D eigenvalue weighted by Crippen LogP contribution is -2.55. The standard InChI is InChI=1S/C20H25N3O3/c1-3-20(4-2)11-22(12-20)14-5-6-15-13(9-14)10-23(19(15)26)16-7-8-17(24)21-18(16)25/h5-6,9,16H,3-4,7-8,10-12H2,1-2H3,(H,21,24,25). The summed E-state index contributed by atoms with van der Waals surface area (Å²) in [4.78, 5) is 40.2. The van der Waals surface area contributed by atoms with Gasteiger partial charge in [0.1, 0.15) is 6.04 Å². The summed E-state index contributed by atoms with van der Waals surface area (Å²) < 4.78 is 0. The highest BCUT2D eigenvalue weighted by molar-refractivity contribution is 6.05. The molecule has 1 N–H and O–H groups in total. The number of anilines is 1. The monoisotopic (exact) mass is 355 g/mol. The van der Waals surface area contributed by atoms with Crippen LogP contribution in [0.15, 0.2) is 18.2 Å². The van der Waals surface area contributed by atoms with Gasteiger partial charge in [-0.15, -0.1) is 0 Å².